The highest BCUT2D eigenvalue weighted by Gasteiger charge is 2.23. The first kappa shape index (κ1) is 16.6. The number of piperidine rings is 1. The third kappa shape index (κ3) is 4.41. The first-order valence-electron chi connectivity index (χ1n) is 8.20. The summed E-state index contributed by atoms with van der Waals surface area (Å²) in [6.45, 7) is 1.57. The number of likely N-dealkylation sites (tertiary alicyclic amines) is 1. The molecule has 24 heavy (non-hydrogen) atoms. The van der Waals surface area contributed by atoms with Gasteiger partial charge in [-0.1, -0.05) is 30.3 Å². The Kier molecular flexibility index (Phi) is 5.59. The van der Waals surface area contributed by atoms with Crippen LogP contribution in [-0.2, 0) is 11.2 Å². The Morgan fingerprint density at radius 1 is 1.21 bits per heavy atom. The molecule has 2 aromatic rings. The summed E-state index contributed by atoms with van der Waals surface area (Å²) in [5.74, 6) is 0.321. The van der Waals surface area contributed by atoms with E-state index < -0.39 is 0 Å². The van der Waals surface area contributed by atoms with Crippen LogP contribution in [0.3, 0.4) is 0 Å². The van der Waals surface area contributed by atoms with Crippen molar-refractivity contribution in [3.63, 3.8) is 0 Å². The van der Waals surface area contributed by atoms with Crippen molar-refractivity contribution in [3.05, 3.63) is 52.5 Å². The number of benzene rings is 1. The van der Waals surface area contributed by atoms with E-state index in [2.05, 4.69) is 34.6 Å². The predicted molar refractivity (Wildman–Crippen MR) is 93.9 cm³/mol. The second-order valence-corrected chi connectivity index (χ2v) is 6.79. The van der Waals surface area contributed by atoms with Gasteiger partial charge in [0, 0.05) is 18.5 Å². The molecule has 0 radical (unpaired) electrons. The number of hydrogen-bond donors (Lipinski definition) is 1. The summed E-state index contributed by atoms with van der Waals surface area (Å²) in [5, 5.41) is 4.32. The van der Waals surface area contributed by atoms with Crippen LogP contribution in [0.4, 0.5) is 0 Å². The molecule has 1 fully saturated rings. The van der Waals surface area contributed by atoms with E-state index in [9.17, 15) is 9.59 Å². The van der Waals surface area contributed by atoms with Crippen LogP contribution in [0.2, 0.25) is 0 Å². The largest absolute Gasteiger partial charge is 0.342 e. The summed E-state index contributed by atoms with van der Waals surface area (Å²) in [5.41, 5.74) is 3.33. The van der Waals surface area contributed by atoms with Crippen LogP contribution >= 0.6 is 11.3 Å². The van der Waals surface area contributed by atoms with Gasteiger partial charge in [-0.25, -0.2) is 4.98 Å². The van der Waals surface area contributed by atoms with Crippen molar-refractivity contribution in [2.45, 2.75) is 19.3 Å². The van der Waals surface area contributed by atoms with Gasteiger partial charge in [-0.2, -0.15) is 0 Å². The molecule has 3 rings (SSSR count). The van der Waals surface area contributed by atoms with Crippen molar-refractivity contribution in [1.29, 1.82) is 0 Å². The van der Waals surface area contributed by atoms with Crippen LogP contribution in [-0.4, -0.2) is 41.3 Å². The standard InChI is InChI=1S/C18H21N3O2S/c22-17(11-19-18(23)16-12-24-13-20-16)21-8-6-15(7-9-21)10-14-4-2-1-3-5-14/h1-5,12-13,15H,6-11H2,(H,19,23). The van der Waals surface area contributed by atoms with Crippen molar-refractivity contribution in [3.8, 4) is 0 Å². The van der Waals surface area contributed by atoms with Crippen molar-refractivity contribution >= 4 is 23.2 Å². The highest BCUT2D eigenvalue weighted by Crippen LogP contribution is 2.21. The second kappa shape index (κ2) is 8.06. The lowest BCUT2D eigenvalue weighted by atomic mass is 9.90. The number of nitrogens with zero attached hydrogens (tertiary/aromatic N) is 2. The van der Waals surface area contributed by atoms with Crippen molar-refractivity contribution in [2.75, 3.05) is 19.6 Å². The molecular weight excluding hydrogens is 322 g/mol. The zero-order valence-electron chi connectivity index (χ0n) is 13.5. The molecule has 6 heteroatoms. The summed E-state index contributed by atoms with van der Waals surface area (Å²) in [7, 11) is 0. The summed E-state index contributed by atoms with van der Waals surface area (Å²) in [6.07, 6.45) is 3.10. The summed E-state index contributed by atoms with van der Waals surface area (Å²) in [4.78, 5) is 29.8. The topological polar surface area (TPSA) is 62.3 Å². The number of thiazole rings is 1. The van der Waals surface area contributed by atoms with Gasteiger partial charge < -0.3 is 10.2 Å². The van der Waals surface area contributed by atoms with E-state index in [0.717, 1.165) is 32.4 Å². The fourth-order valence-electron chi connectivity index (χ4n) is 3.02. The van der Waals surface area contributed by atoms with Gasteiger partial charge in [0.25, 0.3) is 5.91 Å². The van der Waals surface area contributed by atoms with E-state index in [1.54, 1.807) is 10.9 Å². The summed E-state index contributed by atoms with van der Waals surface area (Å²) in [6, 6.07) is 10.5. The maximum absolute atomic E-state index is 12.2. The zero-order valence-corrected chi connectivity index (χ0v) is 14.3. The third-order valence-corrected chi connectivity index (χ3v) is 4.99. The number of rotatable bonds is 5. The second-order valence-electron chi connectivity index (χ2n) is 6.07. The van der Waals surface area contributed by atoms with Crippen molar-refractivity contribution in [1.82, 2.24) is 15.2 Å². The molecule has 2 heterocycles. The van der Waals surface area contributed by atoms with Gasteiger partial charge in [-0.15, -0.1) is 11.3 Å². The van der Waals surface area contributed by atoms with E-state index >= 15 is 0 Å². The van der Waals surface area contributed by atoms with Crippen LogP contribution in [0, 0.1) is 5.92 Å². The van der Waals surface area contributed by atoms with Gasteiger partial charge in [0.05, 0.1) is 12.1 Å². The SMILES string of the molecule is O=C(NCC(=O)N1CCC(Cc2ccccc2)CC1)c1cscn1. The molecule has 0 aliphatic carbocycles. The van der Waals surface area contributed by atoms with Gasteiger partial charge in [0.15, 0.2) is 0 Å². The summed E-state index contributed by atoms with van der Waals surface area (Å²) >= 11 is 1.36. The molecule has 1 aliphatic rings. The van der Waals surface area contributed by atoms with E-state index in [1.165, 1.54) is 16.9 Å². The van der Waals surface area contributed by atoms with Crippen LogP contribution in [0.25, 0.3) is 0 Å². The Hall–Kier alpha value is -2.21. The lowest BCUT2D eigenvalue weighted by Gasteiger charge is -2.32. The Morgan fingerprint density at radius 2 is 1.96 bits per heavy atom. The van der Waals surface area contributed by atoms with Gasteiger partial charge in [-0.3, -0.25) is 9.59 Å². The quantitative estimate of drug-likeness (QED) is 0.906. The first-order valence-corrected chi connectivity index (χ1v) is 9.15. The smallest absolute Gasteiger partial charge is 0.271 e. The minimum absolute atomic E-state index is 0.0169. The average molecular weight is 343 g/mol. The lowest BCUT2D eigenvalue weighted by molar-refractivity contribution is -0.131. The molecule has 1 N–H and O–H groups in total. The molecule has 0 saturated carbocycles. The maximum Gasteiger partial charge on any atom is 0.271 e. The lowest BCUT2D eigenvalue weighted by Crippen LogP contribution is -2.44. The molecule has 1 aromatic carbocycles. The van der Waals surface area contributed by atoms with Crippen molar-refractivity contribution < 1.29 is 9.59 Å². The van der Waals surface area contributed by atoms with E-state index in [0.29, 0.717) is 11.6 Å². The van der Waals surface area contributed by atoms with E-state index in [4.69, 9.17) is 0 Å². The highest BCUT2D eigenvalue weighted by molar-refractivity contribution is 7.07. The Balaban J connectivity index is 1.41. The fraction of sp³-hybridized carbons (Fsp3) is 0.389. The third-order valence-electron chi connectivity index (χ3n) is 4.40. The molecular formula is C18H21N3O2S. The minimum atomic E-state index is -0.288. The molecule has 1 aromatic heterocycles. The Bertz CT molecular complexity index is 665. The number of carbonyl (C=O) groups is 2. The Labute approximate surface area is 145 Å². The van der Waals surface area contributed by atoms with Crippen LogP contribution in [0.5, 0.6) is 0 Å². The fourth-order valence-corrected chi connectivity index (χ4v) is 3.55. The van der Waals surface area contributed by atoms with Gasteiger partial charge >= 0.3 is 0 Å². The molecule has 2 amide bonds. The molecule has 5 nitrogen and oxygen atoms in total. The molecule has 0 spiro atoms. The molecule has 126 valence electrons. The normalized spacial score (nSPS) is 15.2. The first-order chi connectivity index (χ1) is 11.7. The van der Waals surface area contributed by atoms with E-state index in [1.807, 2.05) is 11.0 Å². The summed E-state index contributed by atoms with van der Waals surface area (Å²) < 4.78 is 0. The van der Waals surface area contributed by atoms with Crippen LogP contribution in [0.15, 0.2) is 41.2 Å². The predicted octanol–water partition coefficient (Wildman–Crippen LogP) is 2.35. The average Bonchev–Trinajstić information content (AvgIpc) is 3.16. The molecule has 0 unspecified atom stereocenters. The highest BCUT2D eigenvalue weighted by atomic mass is 32.1. The molecule has 1 aliphatic heterocycles. The van der Waals surface area contributed by atoms with Crippen molar-refractivity contribution in [2.24, 2.45) is 5.92 Å². The molecule has 0 bridgehead atoms. The van der Waals surface area contributed by atoms with Gasteiger partial charge in [0.1, 0.15) is 5.69 Å². The number of hydrogen-bond acceptors (Lipinski definition) is 4. The van der Waals surface area contributed by atoms with Gasteiger partial charge in [-0.05, 0) is 30.7 Å². The van der Waals surface area contributed by atoms with Gasteiger partial charge in [0.2, 0.25) is 5.91 Å². The number of aromatic nitrogens is 1. The van der Waals surface area contributed by atoms with Crippen LogP contribution in [0.1, 0.15) is 28.9 Å². The molecule has 0 atom stereocenters. The number of carbonyl (C=O) groups excluding carboxylic acids is 2. The number of amides is 2. The van der Waals surface area contributed by atoms with Crippen LogP contribution < -0.4 is 5.32 Å². The Morgan fingerprint density at radius 3 is 2.62 bits per heavy atom. The zero-order chi connectivity index (χ0) is 16.8. The molecule has 1 saturated heterocycles. The maximum atomic E-state index is 12.2. The monoisotopic (exact) mass is 343 g/mol. The van der Waals surface area contributed by atoms with E-state index in [-0.39, 0.29) is 18.4 Å². The minimum Gasteiger partial charge on any atom is -0.342 e. The number of nitrogens with one attached hydrogen (secondary N) is 1.